The maximum Gasteiger partial charge on any atom is 0.305 e. The highest BCUT2D eigenvalue weighted by atomic mass is 16.5. The number of amides is 1. The lowest BCUT2D eigenvalue weighted by Crippen LogP contribution is -2.45. The molecule has 0 saturated carbocycles. The minimum absolute atomic E-state index is 0.00629. The molecule has 0 saturated heterocycles. The Labute approximate surface area is 392 Å². The average molecular weight is 889 g/mol. The van der Waals surface area contributed by atoms with E-state index >= 15 is 0 Å². The van der Waals surface area contributed by atoms with Crippen LogP contribution in [0.2, 0.25) is 0 Å². The van der Waals surface area contributed by atoms with Gasteiger partial charge in [-0.3, -0.25) is 9.59 Å². The van der Waals surface area contributed by atoms with Gasteiger partial charge in [0.2, 0.25) is 5.91 Å². The summed E-state index contributed by atoms with van der Waals surface area (Å²) in [6.45, 7) is 4.89. The number of ether oxygens (including phenoxy) is 1. The summed E-state index contributed by atoms with van der Waals surface area (Å²) in [7, 11) is 0. The molecule has 2 unspecified atom stereocenters. The van der Waals surface area contributed by atoms with Gasteiger partial charge in [-0.25, -0.2) is 0 Å². The third kappa shape index (κ3) is 49.6. The van der Waals surface area contributed by atoms with Crippen LogP contribution in [0.1, 0.15) is 303 Å². The quantitative estimate of drug-likeness (QED) is 0.0321. The molecule has 372 valence electrons. The standard InChI is InChI=1S/C57H109NO5/c1-3-5-7-9-11-13-15-17-19-22-25-29-33-37-41-45-49-55(60)54(53-59)58-56(61)50-46-42-38-34-30-26-23-20-21-24-28-32-36-40-44-48-52-63-57(62)51-47-43-39-35-31-27-18-16-14-12-10-8-6-4-2/h16,18,45,49,54-55,59-60H,3-15,17,19-44,46-48,50-53H2,1-2H3,(H,58,61)/b18-16-,49-45+. The van der Waals surface area contributed by atoms with Gasteiger partial charge in [0, 0.05) is 12.8 Å². The molecule has 0 aliphatic heterocycles. The minimum Gasteiger partial charge on any atom is -0.466 e. The summed E-state index contributed by atoms with van der Waals surface area (Å²) in [5.41, 5.74) is 0. The lowest BCUT2D eigenvalue weighted by atomic mass is 10.0. The fourth-order valence-electron chi connectivity index (χ4n) is 8.63. The van der Waals surface area contributed by atoms with Crippen molar-refractivity contribution in [2.45, 2.75) is 315 Å². The number of hydrogen-bond donors (Lipinski definition) is 3. The second kappa shape index (κ2) is 53.0. The van der Waals surface area contributed by atoms with Crippen molar-refractivity contribution in [3.05, 3.63) is 24.3 Å². The number of hydrogen-bond acceptors (Lipinski definition) is 5. The molecule has 2 atom stereocenters. The molecular weight excluding hydrogens is 779 g/mol. The van der Waals surface area contributed by atoms with Crippen LogP contribution < -0.4 is 5.32 Å². The van der Waals surface area contributed by atoms with Gasteiger partial charge >= 0.3 is 5.97 Å². The van der Waals surface area contributed by atoms with Gasteiger partial charge in [-0.1, -0.05) is 256 Å². The van der Waals surface area contributed by atoms with Crippen molar-refractivity contribution < 1.29 is 24.5 Å². The molecule has 0 fully saturated rings. The summed E-state index contributed by atoms with van der Waals surface area (Å²) < 4.78 is 5.47. The minimum atomic E-state index is -0.849. The van der Waals surface area contributed by atoms with Gasteiger partial charge in [-0.05, 0) is 57.8 Å². The molecule has 0 aromatic carbocycles. The predicted molar refractivity (Wildman–Crippen MR) is 273 cm³/mol. The molecule has 0 heterocycles. The number of carbonyl (C=O) groups is 2. The van der Waals surface area contributed by atoms with Crippen molar-refractivity contribution in [1.29, 1.82) is 0 Å². The summed E-state index contributed by atoms with van der Waals surface area (Å²) in [5.74, 6) is -0.0800. The number of aliphatic hydroxyl groups excluding tert-OH is 2. The second-order valence-electron chi connectivity index (χ2n) is 19.3. The lowest BCUT2D eigenvalue weighted by molar-refractivity contribution is -0.143. The Morgan fingerprint density at radius 3 is 1.13 bits per heavy atom. The highest BCUT2D eigenvalue weighted by molar-refractivity contribution is 5.76. The van der Waals surface area contributed by atoms with Crippen LogP contribution in [0.15, 0.2) is 24.3 Å². The van der Waals surface area contributed by atoms with Crippen LogP contribution in [-0.4, -0.2) is 47.4 Å². The Hall–Kier alpha value is -1.66. The zero-order chi connectivity index (χ0) is 45.8. The van der Waals surface area contributed by atoms with Crippen molar-refractivity contribution in [2.24, 2.45) is 0 Å². The van der Waals surface area contributed by atoms with E-state index in [4.69, 9.17) is 4.74 Å². The highest BCUT2D eigenvalue weighted by Gasteiger charge is 2.18. The summed E-state index contributed by atoms with van der Waals surface area (Å²) in [5, 5.41) is 23.1. The Kier molecular flexibility index (Phi) is 51.6. The van der Waals surface area contributed by atoms with E-state index in [0.717, 1.165) is 44.9 Å². The number of carbonyl (C=O) groups excluding carboxylic acids is 2. The molecule has 0 spiro atoms. The average Bonchev–Trinajstić information content (AvgIpc) is 3.28. The van der Waals surface area contributed by atoms with Crippen LogP contribution in [0, 0.1) is 0 Å². The molecular formula is C57H109NO5. The van der Waals surface area contributed by atoms with E-state index in [2.05, 4.69) is 31.3 Å². The lowest BCUT2D eigenvalue weighted by Gasteiger charge is -2.20. The van der Waals surface area contributed by atoms with Crippen molar-refractivity contribution in [3.63, 3.8) is 0 Å². The third-order valence-electron chi connectivity index (χ3n) is 13.0. The van der Waals surface area contributed by atoms with Crippen LogP contribution in [0.5, 0.6) is 0 Å². The second-order valence-corrected chi connectivity index (χ2v) is 19.3. The molecule has 6 nitrogen and oxygen atoms in total. The highest BCUT2D eigenvalue weighted by Crippen LogP contribution is 2.16. The fourth-order valence-corrected chi connectivity index (χ4v) is 8.63. The summed E-state index contributed by atoms with van der Waals surface area (Å²) in [4.78, 5) is 24.5. The first-order chi connectivity index (χ1) is 31.0. The van der Waals surface area contributed by atoms with E-state index in [0.29, 0.717) is 19.4 Å². The van der Waals surface area contributed by atoms with Crippen molar-refractivity contribution in [2.75, 3.05) is 13.2 Å². The predicted octanol–water partition coefficient (Wildman–Crippen LogP) is 17.1. The van der Waals surface area contributed by atoms with Crippen LogP contribution >= 0.6 is 0 Å². The maximum absolute atomic E-state index is 12.5. The zero-order valence-corrected chi connectivity index (χ0v) is 42.3. The molecule has 0 aliphatic rings. The van der Waals surface area contributed by atoms with Gasteiger partial charge in [-0.2, -0.15) is 0 Å². The molecule has 0 aromatic rings. The van der Waals surface area contributed by atoms with E-state index in [1.807, 2.05) is 6.08 Å². The zero-order valence-electron chi connectivity index (χ0n) is 42.3. The number of aliphatic hydroxyl groups is 2. The van der Waals surface area contributed by atoms with Gasteiger partial charge in [0.05, 0.1) is 25.4 Å². The Morgan fingerprint density at radius 1 is 0.429 bits per heavy atom. The molecule has 0 rings (SSSR count). The van der Waals surface area contributed by atoms with Crippen molar-refractivity contribution in [3.8, 4) is 0 Å². The first kappa shape index (κ1) is 61.3. The molecule has 1 amide bonds. The van der Waals surface area contributed by atoms with Crippen LogP contribution in [0.4, 0.5) is 0 Å². The van der Waals surface area contributed by atoms with Crippen LogP contribution in [-0.2, 0) is 14.3 Å². The summed E-state index contributed by atoms with van der Waals surface area (Å²) in [6.07, 6.45) is 63.3. The van der Waals surface area contributed by atoms with E-state index in [1.54, 1.807) is 6.08 Å². The molecule has 3 N–H and O–H groups in total. The van der Waals surface area contributed by atoms with Gasteiger partial charge < -0.3 is 20.3 Å². The first-order valence-electron chi connectivity index (χ1n) is 28.1. The molecule has 0 aliphatic carbocycles. The summed E-state index contributed by atoms with van der Waals surface area (Å²) in [6, 6.07) is -0.633. The number of rotatable bonds is 52. The van der Waals surface area contributed by atoms with Crippen LogP contribution in [0.25, 0.3) is 0 Å². The number of esters is 1. The van der Waals surface area contributed by atoms with Gasteiger partial charge in [0.1, 0.15) is 0 Å². The van der Waals surface area contributed by atoms with Gasteiger partial charge in [-0.15, -0.1) is 0 Å². The van der Waals surface area contributed by atoms with E-state index in [9.17, 15) is 19.8 Å². The van der Waals surface area contributed by atoms with E-state index in [1.165, 1.54) is 231 Å². The molecule has 63 heavy (non-hydrogen) atoms. The van der Waals surface area contributed by atoms with Crippen LogP contribution in [0.3, 0.4) is 0 Å². The fraction of sp³-hybridized carbons (Fsp3) is 0.895. The molecule has 0 radical (unpaired) electrons. The SMILES string of the molecule is CCCCCCC/C=C\CCCCCCCC(=O)OCCCCCCCCCCCCCCCCCCC(=O)NC(CO)C(O)/C=C/CCCCCCCCCCCCCCCC. The van der Waals surface area contributed by atoms with Gasteiger partial charge in [0.15, 0.2) is 0 Å². The largest absolute Gasteiger partial charge is 0.466 e. The third-order valence-corrected chi connectivity index (χ3v) is 13.0. The monoisotopic (exact) mass is 888 g/mol. The maximum atomic E-state index is 12.5. The van der Waals surface area contributed by atoms with Crippen molar-refractivity contribution in [1.82, 2.24) is 5.32 Å². The normalized spacial score (nSPS) is 12.8. The summed E-state index contributed by atoms with van der Waals surface area (Å²) >= 11 is 0. The topological polar surface area (TPSA) is 95.9 Å². The van der Waals surface area contributed by atoms with Gasteiger partial charge in [0.25, 0.3) is 0 Å². The number of allylic oxidation sites excluding steroid dienone is 3. The Bertz CT molecular complexity index is 982. The number of nitrogens with one attached hydrogen (secondary N) is 1. The molecule has 6 heteroatoms. The van der Waals surface area contributed by atoms with Crippen molar-refractivity contribution >= 4 is 11.9 Å². The smallest absolute Gasteiger partial charge is 0.305 e. The Balaban J connectivity index is 3.46. The van der Waals surface area contributed by atoms with E-state index < -0.39 is 12.1 Å². The Morgan fingerprint density at radius 2 is 0.746 bits per heavy atom. The molecule has 0 bridgehead atoms. The first-order valence-corrected chi connectivity index (χ1v) is 28.1. The molecule has 0 aromatic heterocycles. The number of unbranched alkanes of at least 4 members (excludes halogenated alkanes) is 39. The van der Waals surface area contributed by atoms with E-state index in [-0.39, 0.29) is 18.5 Å².